The van der Waals surface area contributed by atoms with Crippen molar-refractivity contribution in [2.45, 2.75) is 4.90 Å². The molecule has 0 radical (unpaired) electrons. The Balaban J connectivity index is 1.57. The molecule has 156 valence electrons. The van der Waals surface area contributed by atoms with Crippen LogP contribution in [0.3, 0.4) is 0 Å². The van der Waals surface area contributed by atoms with E-state index >= 15 is 0 Å². The fraction of sp³-hybridized carbons (Fsp3) is 0. The van der Waals surface area contributed by atoms with Crippen LogP contribution in [0.25, 0.3) is 11.0 Å². The molecule has 4 rings (SSSR count). The molecule has 4 aromatic rings. The maximum atomic E-state index is 12.5. The van der Waals surface area contributed by atoms with Gasteiger partial charge in [-0.05, 0) is 36.4 Å². The van der Waals surface area contributed by atoms with Gasteiger partial charge >= 0.3 is 5.97 Å². The van der Waals surface area contributed by atoms with Crippen LogP contribution in [0.15, 0.2) is 65.7 Å². The van der Waals surface area contributed by atoms with Crippen LogP contribution < -0.4 is 9.46 Å². The van der Waals surface area contributed by atoms with Crippen LogP contribution in [0, 0.1) is 0 Å². The Morgan fingerprint density at radius 2 is 1.81 bits per heavy atom. The summed E-state index contributed by atoms with van der Waals surface area (Å²) in [6.07, 6.45) is 1.32. The summed E-state index contributed by atoms with van der Waals surface area (Å²) < 4.78 is 32.9. The molecule has 31 heavy (non-hydrogen) atoms. The average Bonchev–Trinajstić information content (AvgIpc) is 2.74. The van der Waals surface area contributed by atoms with Crippen molar-refractivity contribution in [1.29, 1.82) is 0 Å². The molecular formula is C19H12ClN5O5S. The van der Waals surface area contributed by atoms with Crippen LogP contribution in [0.1, 0.15) is 10.5 Å². The van der Waals surface area contributed by atoms with Crippen LogP contribution in [0.5, 0.6) is 11.5 Å². The van der Waals surface area contributed by atoms with Gasteiger partial charge in [0.2, 0.25) is 0 Å². The number of pyridine rings is 1. The minimum absolute atomic E-state index is 0.0366. The molecule has 0 spiro atoms. The number of rotatable bonds is 6. The Bertz CT molecular complexity index is 1410. The summed E-state index contributed by atoms with van der Waals surface area (Å²) in [5.41, 5.74) is 0.555. The summed E-state index contributed by atoms with van der Waals surface area (Å²) in [5.74, 6) is -0.745. The van der Waals surface area contributed by atoms with Gasteiger partial charge in [0, 0.05) is 23.4 Å². The second-order valence-electron chi connectivity index (χ2n) is 6.13. The van der Waals surface area contributed by atoms with Crippen molar-refractivity contribution >= 4 is 44.6 Å². The first kappa shape index (κ1) is 20.4. The van der Waals surface area contributed by atoms with Gasteiger partial charge < -0.3 is 9.84 Å². The van der Waals surface area contributed by atoms with Crippen molar-refractivity contribution in [3.63, 3.8) is 0 Å². The molecule has 0 aliphatic carbocycles. The van der Waals surface area contributed by atoms with E-state index in [1.807, 2.05) is 0 Å². The molecule has 0 saturated heterocycles. The number of carboxylic acids is 1. The fourth-order valence-electron chi connectivity index (χ4n) is 2.56. The highest BCUT2D eigenvalue weighted by Crippen LogP contribution is 2.25. The van der Waals surface area contributed by atoms with Crippen molar-refractivity contribution < 1.29 is 23.1 Å². The van der Waals surface area contributed by atoms with E-state index in [1.165, 1.54) is 42.6 Å². The third kappa shape index (κ3) is 4.68. The van der Waals surface area contributed by atoms with Crippen LogP contribution in [0.2, 0.25) is 5.02 Å². The summed E-state index contributed by atoms with van der Waals surface area (Å²) in [6.45, 7) is 0. The lowest BCUT2D eigenvalue weighted by atomic mass is 10.3. The molecule has 0 atom stereocenters. The van der Waals surface area contributed by atoms with E-state index in [1.54, 1.807) is 18.2 Å². The number of sulfonamides is 1. The molecule has 2 aromatic carbocycles. The van der Waals surface area contributed by atoms with Gasteiger partial charge in [-0.25, -0.2) is 27.9 Å². The van der Waals surface area contributed by atoms with Gasteiger partial charge in [-0.15, -0.1) is 10.2 Å². The average molecular weight is 458 g/mol. The van der Waals surface area contributed by atoms with Gasteiger partial charge in [-0.3, -0.25) is 0 Å². The number of benzene rings is 2. The smallest absolute Gasteiger partial charge is 0.354 e. The first-order valence-corrected chi connectivity index (χ1v) is 10.5. The molecule has 0 unspecified atom stereocenters. The van der Waals surface area contributed by atoms with E-state index in [0.717, 1.165) is 0 Å². The maximum absolute atomic E-state index is 12.5. The highest BCUT2D eigenvalue weighted by molar-refractivity contribution is 7.92. The first-order chi connectivity index (χ1) is 14.8. The van der Waals surface area contributed by atoms with Gasteiger partial charge in [0.05, 0.1) is 10.4 Å². The zero-order chi connectivity index (χ0) is 22.0. The standard InChI is InChI=1S/C19H12ClN5O5S/c20-11-2-1-3-14(8-11)31(28,29)25-19-22-15-5-4-12(9-16(15)23-24-19)30-13-6-7-21-17(10-13)18(26)27/h1-10H,(H,26,27)(H,22,24,25). The number of fused-ring (bicyclic) bond motifs is 1. The second-order valence-corrected chi connectivity index (χ2v) is 8.25. The van der Waals surface area contributed by atoms with Gasteiger partial charge in [0.1, 0.15) is 17.0 Å². The number of ether oxygens (including phenoxy) is 1. The van der Waals surface area contributed by atoms with Gasteiger partial charge in [-0.1, -0.05) is 17.7 Å². The zero-order valence-electron chi connectivity index (χ0n) is 15.4. The Kier molecular flexibility index (Phi) is 5.36. The van der Waals surface area contributed by atoms with Crippen molar-refractivity contribution in [2.24, 2.45) is 0 Å². The van der Waals surface area contributed by atoms with E-state index in [2.05, 4.69) is 24.9 Å². The van der Waals surface area contributed by atoms with Crippen LogP contribution in [-0.2, 0) is 10.0 Å². The first-order valence-electron chi connectivity index (χ1n) is 8.60. The van der Waals surface area contributed by atoms with Crippen LogP contribution in [-0.4, -0.2) is 39.7 Å². The summed E-state index contributed by atoms with van der Waals surface area (Å²) in [6, 6.07) is 13.2. The molecule has 0 aliphatic rings. The topological polar surface area (TPSA) is 144 Å². The Morgan fingerprint density at radius 3 is 2.58 bits per heavy atom. The lowest BCUT2D eigenvalue weighted by Gasteiger charge is -2.08. The number of carboxylic acid groups (broad SMARTS) is 1. The number of halogens is 1. The Morgan fingerprint density at radius 1 is 1.00 bits per heavy atom. The zero-order valence-corrected chi connectivity index (χ0v) is 17.0. The third-order valence-electron chi connectivity index (χ3n) is 3.94. The number of anilines is 1. The molecule has 12 heteroatoms. The number of hydrogen-bond acceptors (Lipinski definition) is 8. The number of carbonyl (C=O) groups is 1. The van der Waals surface area contributed by atoms with E-state index < -0.39 is 16.0 Å². The van der Waals surface area contributed by atoms with Crippen molar-refractivity contribution in [3.05, 3.63) is 71.5 Å². The maximum Gasteiger partial charge on any atom is 0.354 e. The van der Waals surface area contributed by atoms with Crippen molar-refractivity contribution in [1.82, 2.24) is 20.2 Å². The number of aromatic nitrogens is 4. The van der Waals surface area contributed by atoms with E-state index in [4.69, 9.17) is 21.4 Å². The predicted molar refractivity (Wildman–Crippen MR) is 111 cm³/mol. The minimum Gasteiger partial charge on any atom is -0.477 e. The Hall–Kier alpha value is -3.83. The summed E-state index contributed by atoms with van der Waals surface area (Å²) in [4.78, 5) is 18.9. The quantitative estimate of drug-likeness (QED) is 0.445. The molecule has 0 fully saturated rings. The highest BCUT2D eigenvalue weighted by Gasteiger charge is 2.17. The summed E-state index contributed by atoms with van der Waals surface area (Å²) in [7, 11) is -3.94. The summed E-state index contributed by atoms with van der Waals surface area (Å²) in [5, 5.41) is 17.1. The Labute approximate surface area is 180 Å². The van der Waals surface area contributed by atoms with E-state index in [0.29, 0.717) is 16.8 Å². The number of hydrogen-bond donors (Lipinski definition) is 2. The van der Waals surface area contributed by atoms with Crippen molar-refractivity contribution in [3.8, 4) is 11.5 Å². The van der Waals surface area contributed by atoms with E-state index in [-0.39, 0.29) is 27.3 Å². The minimum atomic E-state index is -3.94. The van der Waals surface area contributed by atoms with Crippen LogP contribution >= 0.6 is 11.6 Å². The van der Waals surface area contributed by atoms with Gasteiger partial charge in [0.15, 0.2) is 5.69 Å². The van der Waals surface area contributed by atoms with E-state index in [9.17, 15) is 13.2 Å². The normalized spacial score (nSPS) is 11.3. The lowest BCUT2D eigenvalue weighted by molar-refractivity contribution is 0.0690. The monoisotopic (exact) mass is 457 g/mol. The fourth-order valence-corrected chi connectivity index (χ4v) is 3.80. The molecule has 0 aliphatic heterocycles. The summed E-state index contributed by atoms with van der Waals surface area (Å²) >= 11 is 5.85. The molecular weight excluding hydrogens is 446 g/mol. The third-order valence-corrected chi connectivity index (χ3v) is 5.50. The molecule has 2 N–H and O–H groups in total. The van der Waals surface area contributed by atoms with Gasteiger partial charge in [0.25, 0.3) is 16.0 Å². The molecule has 10 nitrogen and oxygen atoms in total. The molecule has 0 saturated carbocycles. The highest BCUT2D eigenvalue weighted by atomic mass is 35.5. The van der Waals surface area contributed by atoms with Crippen LogP contribution in [0.4, 0.5) is 5.95 Å². The molecule has 2 aromatic heterocycles. The molecule has 0 amide bonds. The largest absolute Gasteiger partial charge is 0.477 e. The van der Waals surface area contributed by atoms with Gasteiger partial charge in [-0.2, -0.15) is 0 Å². The number of nitrogens with zero attached hydrogens (tertiary/aromatic N) is 4. The molecule has 0 bridgehead atoms. The SMILES string of the molecule is O=C(O)c1cc(Oc2ccc3nc(NS(=O)(=O)c4cccc(Cl)c4)nnc3c2)ccn1. The molecule has 2 heterocycles. The number of aromatic carboxylic acids is 1. The van der Waals surface area contributed by atoms with Crippen molar-refractivity contribution in [2.75, 3.05) is 4.72 Å². The lowest BCUT2D eigenvalue weighted by Crippen LogP contribution is -2.15. The second kappa shape index (κ2) is 8.13. The predicted octanol–water partition coefficient (Wildman–Crippen LogP) is 3.36. The number of nitrogens with one attached hydrogen (secondary N) is 1.